The third-order valence-electron chi connectivity index (χ3n) is 5.44. The Hall–Kier alpha value is -3.12. The van der Waals surface area contributed by atoms with Gasteiger partial charge in [0, 0.05) is 23.7 Å². The van der Waals surface area contributed by atoms with Gasteiger partial charge in [0.1, 0.15) is 0 Å². The highest BCUT2D eigenvalue weighted by Gasteiger charge is 2.52. The minimum absolute atomic E-state index is 0.0723. The highest BCUT2D eigenvalue weighted by atomic mass is 16.5. The van der Waals surface area contributed by atoms with Gasteiger partial charge in [-0.25, -0.2) is 4.79 Å². The summed E-state index contributed by atoms with van der Waals surface area (Å²) in [4.78, 5) is 26.2. The molecule has 1 aliphatic carbocycles. The lowest BCUT2D eigenvalue weighted by Gasteiger charge is -2.43. The molecule has 0 saturated heterocycles. The van der Waals surface area contributed by atoms with Gasteiger partial charge in [-0.15, -0.1) is 0 Å². The molecule has 164 valence electrons. The Morgan fingerprint density at radius 1 is 1.00 bits per heavy atom. The standard InChI is InChI=1S/C25H29NO5/c1-4-30-23(27)21-19(26-18-14-10-7-11-15-18)16-25(3,29)22(24(28)31-5-2)20(21)17-12-8-6-9-13-17/h6-15,20,22,26,29H,4-5,16H2,1-3H3/t20-,22+,25+/m0/s1. The molecule has 0 aromatic heterocycles. The van der Waals surface area contributed by atoms with Crippen LogP contribution in [0.25, 0.3) is 0 Å². The highest BCUT2D eigenvalue weighted by Crippen LogP contribution is 2.48. The van der Waals surface area contributed by atoms with Crippen molar-refractivity contribution in [3.05, 3.63) is 77.5 Å². The SMILES string of the molecule is CCOC(=O)C1=C(Nc2ccccc2)C[C@@](C)(O)[C@@H](C(=O)OCC)[C@H]1c1ccccc1. The zero-order valence-electron chi connectivity index (χ0n) is 18.1. The smallest absolute Gasteiger partial charge is 0.336 e. The van der Waals surface area contributed by atoms with Crippen LogP contribution in [0.5, 0.6) is 0 Å². The summed E-state index contributed by atoms with van der Waals surface area (Å²) in [6.45, 7) is 5.45. The van der Waals surface area contributed by atoms with Crippen LogP contribution in [-0.4, -0.2) is 35.9 Å². The number of hydrogen-bond donors (Lipinski definition) is 2. The van der Waals surface area contributed by atoms with Crippen LogP contribution >= 0.6 is 0 Å². The molecule has 0 amide bonds. The van der Waals surface area contributed by atoms with Crippen molar-refractivity contribution in [1.29, 1.82) is 0 Å². The number of carbonyl (C=O) groups excluding carboxylic acids is 2. The predicted molar refractivity (Wildman–Crippen MR) is 118 cm³/mol. The molecule has 0 saturated carbocycles. The Morgan fingerprint density at radius 3 is 2.16 bits per heavy atom. The zero-order valence-corrected chi connectivity index (χ0v) is 18.1. The first kappa shape index (κ1) is 22.6. The molecular formula is C25H29NO5. The number of rotatable bonds is 7. The van der Waals surface area contributed by atoms with Crippen LogP contribution in [0, 0.1) is 5.92 Å². The van der Waals surface area contributed by atoms with Gasteiger partial charge in [-0.3, -0.25) is 4.79 Å². The average molecular weight is 424 g/mol. The van der Waals surface area contributed by atoms with Gasteiger partial charge in [0.25, 0.3) is 0 Å². The van der Waals surface area contributed by atoms with Crippen molar-refractivity contribution in [3.8, 4) is 0 Å². The molecule has 0 bridgehead atoms. The Labute approximate surface area is 182 Å². The normalized spacial score (nSPS) is 23.2. The van der Waals surface area contributed by atoms with E-state index < -0.39 is 29.4 Å². The second-order valence-corrected chi connectivity index (χ2v) is 7.76. The molecule has 3 rings (SSSR count). The second kappa shape index (κ2) is 9.79. The van der Waals surface area contributed by atoms with Crippen LogP contribution in [0.2, 0.25) is 0 Å². The Morgan fingerprint density at radius 2 is 1.58 bits per heavy atom. The molecule has 2 N–H and O–H groups in total. The van der Waals surface area contributed by atoms with E-state index in [1.165, 1.54) is 0 Å². The molecule has 2 aromatic rings. The van der Waals surface area contributed by atoms with Gasteiger partial charge in [0.2, 0.25) is 0 Å². The van der Waals surface area contributed by atoms with E-state index in [1.807, 2.05) is 60.7 Å². The monoisotopic (exact) mass is 423 g/mol. The minimum Gasteiger partial charge on any atom is -0.466 e. The molecule has 0 heterocycles. The van der Waals surface area contributed by atoms with E-state index in [0.717, 1.165) is 11.3 Å². The van der Waals surface area contributed by atoms with Crippen LogP contribution in [0.1, 0.15) is 38.7 Å². The summed E-state index contributed by atoms with van der Waals surface area (Å²) in [5.41, 5.74) is 0.929. The highest BCUT2D eigenvalue weighted by molar-refractivity contribution is 5.94. The number of ether oxygens (including phenoxy) is 2. The van der Waals surface area contributed by atoms with Gasteiger partial charge in [-0.1, -0.05) is 48.5 Å². The number of hydrogen-bond acceptors (Lipinski definition) is 6. The van der Waals surface area contributed by atoms with E-state index in [-0.39, 0.29) is 19.6 Å². The first-order valence-electron chi connectivity index (χ1n) is 10.5. The number of anilines is 1. The van der Waals surface area contributed by atoms with Crippen molar-refractivity contribution in [1.82, 2.24) is 0 Å². The molecule has 0 spiro atoms. The lowest BCUT2D eigenvalue weighted by molar-refractivity contribution is -0.159. The quantitative estimate of drug-likeness (QED) is 0.654. The van der Waals surface area contributed by atoms with E-state index in [9.17, 15) is 14.7 Å². The fraction of sp³-hybridized carbons (Fsp3) is 0.360. The molecule has 0 radical (unpaired) electrons. The van der Waals surface area contributed by atoms with Gasteiger partial charge in [-0.2, -0.15) is 0 Å². The molecule has 0 unspecified atom stereocenters. The summed E-state index contributed by atoms with van der Waals surface area (Å²) in [7, 11) is 0. The van der Waals surface area contributed by atoms with E-state index >= 15 is 0 Å². The number of aliphatic hydroxyl groups is 1. The Kier molecular flexibility index (Phi) is 7.13. The van der Waals surface area contributed by atoms with Gasteiger partial charge in [0.15, 0.2) is 0 Å². The number of esters is 2. The van der Waals surface area contributed by atoms with E-state index in [2.05, 4.69) is 5.32 Å². The van der Waals surface area contributed by atoms with Crippen LogP contribution in [-0.2, 0) is 19.1 Å². The summed E-state index contributed by atoms with van der Waals surface area (Å²) in [6.07, 6.45) is 0.0723. The predicted octanol–water partition coefficient (Wildman–Crippen LogP) is 4.03. The summed E-state index contributed by atoms with van der Waals surface area (Å²) >= 11 is 0. The minimum atomic E-state index is -1.44. The molecular weight excluding hydrogens is 394 g/mol. The maximum absolute atomic E-state index is 13.2. The third-order valence-corrected chi connectivity index (χ3v) is 5.44. The summed E-state index contributed by atoms with van der Waals surface area (Å²) in [6, 6.07) is 18.6. The lowest BCUT2D eigenvalue weighted by Crippen LogP contribution is -2.49. The molecule has 0 fully saturated rings. The van der Waals surface area contributed by atoms with E-state index in [0.29, 0.717) is 11.3 Å². The molecule has 3 atom stereocenters. The van der Waals surface area contributed by atoms with Crippen molar-refractivity contribution >= 4 is 17.6 Å². The number of para-hydroxylation sites is 1. The van der Waals surface area contributed by atoms with Gasteiger partial charge < -0.3 is 19.9 Å². The summed E-state index contributed by atoms with van der Waals surface area (Å²) in [5.74, 6) is -2.74. The van der Waals surface area contributed by atoms with Crippen molar-refractivity contribution in [2.75, 3.05) is 18.5 Å². The molecule has 0 aliphatic heterocycles. The van der Waals surface area contributed by atoms with Crippen molar-refractivity contribution < 1.29 is 24.2 Å². The Bertz CT molecular complexity index is 937. The largest absolute Gasteiger partial charge is 0.466 e. The third kappa shape index (κ3) is 4.97. The van der Waals surface area contributed by atoms with Crippen LogP contribution in [0.4, 0.5) is 5.69 Å². The van der Waals surface area contributed by atoms with Crippen molar-refractivity contribution in [3.63, 3.8) is 0 Å². The molecule has 31 heavy (non-hydrogen) atoms. The van der Waals surface area contributed by atoms with Gasteiger partial charge in [-0.05, 0) is 38.5 Å². The van der Waals surface area contributed by atoms with Crippen LogP contribution in [0.15, 0.2) is 71.9 Å². The van der Waals surface area contributed by atoms with Crippen molar-refractivity contribution in [2.24, 2.45) is 5.92 Å². The lowest BCUT2D eigenvalue weighted by atomic mass is 9.66. The average Bonchev–Trinajstić information content (AvgIpc) is 2.74. The molecule has 2 aromatic carbocycles. The fourth-order valence-corrected chi connectivity index (χ4v) is 4.18. The number of carbonyl (C=O) groups is 2. The molecule has 1 aliphatic rings. The topological polar surface area (TPSA) is 84.9 Å². The van der Waals surface area contributed by atoms with Crippen LogP contribution in [0.3, 0.4) is 0 Å². The first-order valence-corrected chi connectivity index (χ1v) is 10.5. The van der Waals surface area contributed by atoms with Gasteiger partial charge >= 0.3 is 11.9 Å². The Balaban J connectivity index is 2.22. The van der Waals surface area contributed by atoms with Gasteiger partial charge in [0.05, 0.1) is 30.3 Å². The van der Waals surface area contributed by atoms with Crippen LogP contribution < -0.4 is 5.32 Å². The first-order chi connectivity index (χ1) is 14.9. The number of nitrogens with one attached hydrogen (secondary N) is 1. The maximum atomic E-state index is 13.2. The van der Waals surface area contributed by atoms with E-state index in [1.54, 1.807) is 20.8 Å². The van der Waals surface area contributed by atoms with E-state index in [4.69, 9.17) is 9.47 Å². The number of benzene rings is 2. The summed E-state index contributed by atoms with van der Waals surface area (Å²) < 4.78 is 10.7. The molecule has 6 heteroatoms. The summed E-state index contributed by atoms with van der Waals surface area (Å²) in [5, 5.41) is 14.7. The maximum Gasteiger partial charge on any atom is 0.336 e. The zero-order chi connectivity index (χ0) is 22.4. The second-order valence-electron chi connectivity index (χ2n) is 7.76. The van der Waals surface area contributed by atoms with Crippen molar-refractivity contribution in [2.45, 2.75) is 38.7 Å². The fourth-order valence-electron chi connectivity index (χ4n) is 4.18. The molecule has 6 nitrogen and oxygen atoms in total.